The van der Waals surface area contributed by atoms with Gasteiger partial charge in [-0.25, -0.2) is 0 Å². The Labute approximate surface area is 144 Å². The number of hydrogen-bond donors (Lipinski definition) is 2. The molecule has 2 aromatic carbocycles. The largest absolute Gasteiger partial charge is 0.497 e. The number of nitrogens with one attached hydrogen (secondary N) is 1. The van der Waals surface area contributed by atoms with Crippen LogP contribution in [-0.2, 0) is 0 Å². The Bertz CT molecular complexity index is 627. The normalized spacial score (nSPS) is 14.7. The number of aliphatic hydroxyl groups excluding tert-OH is 1. The number of benzene rings is 2. The van der Waals surface area contributed by atoms with Crippen molar-refractivity contribution in [2.45, 2.75) is 39.0 Å². The number of hydrogen-bond acceptors (Lipinski definition) is 4. The fraction of sp³-hybridized carbons (Fsp3) is 0.400. The topological polar surface area (TPSA) is 50.7 Å². The summed E-state index contributed by atoms with van der Waals surface area (Å²) in [6.07, 6.45) is -0.589. The third-order valence-electron chi connectivity index (χ3n) is 4.11. The van der Waals surface area contributed by atoms with Crippen molar-refractivity contribution in [3.63, 3.8) is 0 Å². The van der Waals surface area contributed by atoms with Crippen molar-refractivity contribution in [1.29, 1.82) is 0 Å². The van der Waals surface area contributed by atoms with Crippen LogP contribution in [0, 0.1) is 0 Å². The number of aliphatic hydroxyl groups is 1. The molecular weight excluding hydrogens is 302 g/mol. The molecule has 0 heterocycles. The number of ether oxygens (including phenoxy) is 2. The lowest BCUT2D eigenvalue weighted by atomic mass is 10.0. The van der Waals surface area contributed by atoms with Crippen LogP contribution in [0.1, 0.15) is 44.0 Å². The third kappa shape index (κ3) is 4.73. The van der Waals surface area contributed by atoms with Crippen LogP contribution in [-0.4, -0.2) is 24.9 Å². The predicted octanol–water partition coefficient (Wildman–Crippen LogP) is 3.87. The molecule has 0 saturated heterocycles. The molecule has 4 nitrogen and oxygen atoms in total. The van der Waals surface area contributed by atoms with Gasteiger partial charge in [-0.3, -0.25) is 0 Å². The lowest BCUT2D eigenvalue weighted by Gasteiger charge is -2.25. The quantitative estimate of drug-likeness (QED) is 0.772. The summed E-state index contributed by atoms with van der Waals surface area (Å²) < 4.78 is 10.7. The van der Waals surface area contributed by atoms with Gasteiger partial charge in [0.2, 0.25) is 0 Å². The van der Waals surface area contributed by atoms with Crippen LogP contribution in [0.3, 0.4) is 0 Å². The van der Waals surface area contributed by atoms with E-state index in [1.54, 1.807) is 7.11 Å². The van der Waals surface area contributed by atoms with E-state index in [9.17, 15) is 5.11 Å². The van der Waals surface area contributed by atoms with Crippen molar-refractivity contribution in [3.05, 3.63) is 59.7 Å². The number of methoxy groups -OCH3 is 1. The minimum absolute atomic E-state index is 0.0934. The first-order chi connectivity index (χ1) is 11.5. The summed E-state index contributed by atoms with van der Waals surface area (Å²) in [6, 6.07) is 15.6. The van der Waals surface area contributed by atoms with Crippen molar-refractivity contribution in [2.24, 2.45) is 0 Å². The molecule has 2 aromatic rings. The van der Waals surface area contributed by atoms with E-state index in [0.717, 1.165) is 22.6 Å². The molecule has 0 bridgehead atoms. The van der Waals surface area contributed by atoms with E-state index in [1.807, 2.05) is 56.3 Å². The highest BCUT2D eigenvalue weighted by molar-refractivity contribution is 5.31. The van der Waals surface area contributed by atoms with Crippen LogP contribution in [0.2, 0.25) is 0 Å². The summed E-state index contributed by atoms with van der Waals surface area (Å²) in [6.45, 7) is 6.69. The molecule has 3 atom stereocenters. The molecule has 0 amide bonds. The zero-order valence-electron chi connectivity index (χ0n) is 14.8. The first-order valence-corrected chi connectivity index (χ1v) is 8.36. The molecule has 3 unspecified atom stereocenters. The van der Waals surface area contributed by atoms with Gasteiger partial charge in [0.05, 0.1) is 19.8 Å². The molecule has 2 rings (SSSR count). The monoisotopic (exact) mass is 329 g/mol. The van der Waals surface area contributed by atoms with E-state index < -0.39 is 6.10 Å². The second-order valence-corrected chi connectivity index (χ2v) is 5.90. The smallest absolute Gasteiger partial charge is 0.119 e. The van der Waals surface area contributed by atoms with Gasteiger partial charge in [0.1, 0.15) is 11.5 Å². The van der Waals surface area contributed by atoms with Crippen LogP contribution in [0.4, 0.5) is 0 Å². The van der Waals surface area contributed by atoms with E-state index in [1.165, 1.54) is 0 Å². The SMILES string of the molecule is CCOc1cccc(C(C)NC(C)C(O)c2ccc(OC)cc2)c1. The van der Waals surface area contributed by atoms with Gasteiger partial charge in [-0.2, -0.15) is 0 Å². The molecule has 0 aliphatic heterocycles. The Balaban J connectivity index is 2.01. The van der Waals surface area contributed by atoms with E-state index in [2.05, 4.69) is 18.3 Å². The second-order valence-electron chi connectivity index (χ2n) is 5.90. The van der Waals surface area contributed by atoms with Crippen LogP contribution >= 0.6 is 0 Å². The van der Waals surface area contributed by atoms with Crippen LogP contribution in [0.15, 0.2) is 48.5 Å². The van der Waals surface area contributed by atoms with Gasteiger partial charge in [-0.15, -0.1) is 0 Å². The summed E-state index contributed by atoms with van der Waals surface area (Å²) in [5, 5.41) is 14.0. The van der Waals surface area contributed by atoms with Crippen LogP contribution < -0.4 is 14.8 Å². The molecule has 2 N–H and O–H groups in total. The third-order valence-corrected chi connectivity index (χ3v) is 4.11. The maximum absolute atomic E-state index is 10.6. The maximum Gasteiger partial charge on any atom is 0.119 e. The molecule has 0 aliphatic rings. The number of rotatable bonds is 8. The van der Waals surface area contributed by atoms with Gasteiger partial charge in [0.25, 0.3) is 0 Å². The molecule has 130 valence electrons. The Morgan fingerprint density at radius 3 is 2.33 bits per heavy atom. The highest BCUT2D eigenvalue weighted by atomic mass is 16.5. The minimum atomic E-state index is -0.589. The fourth-order valence-electron chi connectivity index (χ4n) is 2.71. The fourth-order valence-corrected chi connectivity index (χ4v) is 2.71. The lowest BCUT2D eigenvalue weighted by Crippen LogP contribution is -2.34. The van der Waals surface area contributed by atoms with E-state index in [0.29, 0.717) is 6.61 Å². The van der Waals surface area contributed by atoms with Gasteiger partial charge in [-0.05, 0) is 56.2 Å². The Kier molecular flexibility index (Phi) is 6.64. The van der Waals surface area contributed by atoms with Gasteiger partial charge < -0.3 is 19.9 Å². The van der Waals surface area contributed by atoms with Crippen molar-refractivity contribution in [2.75, 3.05) is 13.7 Å². The molecule has 0 aromatic heterocycles. The molecule has 24 heavy (non-hydrogen) atoms. The summed E-state index contributed by atoms with van der Waals surface area (Å²) in [7, 11) is 1.63. The summed E-state index contributed by atoms with van der Waals surface area (Å²) >= 11 is 0. The average molecular weight is 329 g/mol. The molecule has 0 spiro atoms. The molecule has 0 saturated carbocycles. The van der Waals surface area contributed by atoms with Crippen LogP contribution in [0.5, 0.6) is 11.5 Å². The highest BCUT2D eigenvalue weighted by Gasteiger charge is 2.19. The first kappa shape index (κ1) is 18.3. The average Bonchev–Trinajstić information content (AvgIpc) is 2.61. The van der Waals surface area contributed by atoms with Gasteiger partial charge in [0, 0.05) is 12.1 Å². The minimum Gasteiger partial charge on any atom is -0.497 e. The zero-order chi connectivity index (χ0) is 17.5. The molecule has 0 aliphatic carbocycles. The molecule has 0 fully saturated rings. The van der Waals surface area contributed by atoms with Crippen LogP contribution in [0.25, 0.3) is 0 Å². The van der Waals surface area contributed by atoms with Gasteiger partial charge in [-0.1, -0.05) is 24.3 Å². The molecular formula is C20H27NO3. The second kappa shape index (κ2) is 8.71. The summed E-state index contributed by atoms with van der Waals surface area (Å²) in [5.74, 6) is 1.65. The first-order valence-electron chi connectivity index (χ1n) is 8.36. The van der Waals surface area contributed by atoms with E-state index in [-0.39, 0.29) is 12.1 Å². The maximum atomic E-state index is 10.6. The molecule has 4 heteroatoms. The lowest BCUT2D eigenvalue weighted by molar-refractivity contribution is 0.130. The van der Waals surface area contributed by atoms with E-state index in [4.69, 9.17) is 9.47 Å². The van der Waals surface area contributed by atoms with Crippen molar-refractivity contribution in [1.82, 2.24) is 5.32 Å². The summed E-state index contributed by atoms with van der Waals surface area (Å²) in [4.78, 5) is 0. The standard InChI is InChI=1S/C20H27NO3/c1-5-24-19-8-6-7-17(13-19)14(2)21-15(3)20(22)16-9-11-18(23-4)12-10-16/h6-15,20-22H,5H2,1-4H3. The molecule has 0 radical (unpaired) electrons. The van der Waals surface area contributed by atoms with Crippen molar-refractivity contribution >= 4 is 0 Å². The Morgan fingerprint density at radius 1 is 1.00 bits per heavy atom. The highest BCUT2D eigenvalue weighted by Crippen LogP contribution is 2.24. The summed E-state index contributed by atoms with van der Waals surface area (Å²) in [5.41, 5.74) is 2.00. The Morgan fingerprint density at radius 2 is 1.71 bits per heavy atom. The van der Waals surface area contributed by atoms with Crippen molar-refractivity contribution < 1.29 is 14.6 Å². The van der Waals surface area contributed by atoms with Gasteiger partial charge in [0.15, 0.2) is 0 Å². The zero-order valence-corrected chi connectivity index (χ0v) is 14.8. The van der Waals surface area contributed by atoms with Gasteiger partial charge >= 0.3 is 0 Å². The van der Waals surface area contributed by atoms with E-state index >= 15 is 0 Å². The van der Waals surface area contributed by atoms with Crippen molar-refractivity contribution in [3.8, 4) is 11.5 Å². The Hall–Kier alpha value is -2.04. The predicted molar refractivity (Wildman–Crippen MR) is 96.6 cm³/mol.